The average Bonchev–Trinajstić information content (AvgIpc) is 2.43. The van der Waals surface area contributed by atoms with E-state index in [0.29, 0.717) is 0 Å². The minimum absolute atomic E-state index is 0.0294. The van der Waals surface area contributed by atoms with Gasteiger partial charge in [-0.2, -0.15) is 0 Å². The lowest BCUT2D eigenvalue weighted by Gasteiger charge is -2.24. The largest absolute Gasteiger partial charge is 0.488 e. The predicted molar refractivity (Wildman–Crippen MR) is 68.6 cm³/mol. The van der Waals surface area contributed by atoms with E-state index in [1.54, 1.807) is 5.94 Å². The summed E-state index contributed by atoms with van der Waals surface area (Å²) in [5.74, 6) is 0.682. The van der Waals surface area contributed by atoms with Crippen molar-refractivity contribution in [1.29, 1.82) is 0 Å². The number of carboxylic acids is 1. The molecule has 0 spiro atoms. The van der Waals surface area contributed by atoms with E-state index in [1.165, 1.54) is 13.3 Å². The smallest absolute Gasteiger partial charge is 0.353 e. The fourth-order valence-electron chi connectivity index (χ4n) is 1.76. The Kier molecular flexibility index (Phi) is 5.48. The predicted octanol–water partition coefficient (Wildman–Crippen LogP) is 1.35. The zero-order valence-electron chi connectivity index (χ0n) is 11.2. The Morgan fingerprint density at radius 2 is 2.16 bits per heavy atom. The van der Waals surface area contributed by atoms with Crippen molar-refractivity contribution < 1.29 is 24.2 Å². The van der Waals surface area contributed by atoms with E-state index in [4.69, 9.17) is 14.6 Å². The molecule has 1 atom stereocenters. The van der Waals surface area contributed by atoms with Crippen molar-refractivity contribution in [3.05, 3.63) is 17.5 Å². The van der Waals surface area contributed by atoms with Gasteiger partial charge in [0.2, 0.25) is 0 Å². The minimum atomic E-state index is -1.24. The van der Waals surface area contributed by atoms with Crippen LogP contribution in [0.4, 0.5) is 0 Å². The molecule has 0 saturated carbocycles. The number of aliphatic carboxylic acids is 1. The number of methoxy groups -OCH3 is 1. The summed E-state index contributed by atoms with van der Waals surface area (Å²) in [6.45, 7) is 3.92. The maximum absolute atomic E-state index is 11.1. The third-order valence-corrected chi connectivity index (χ3v) is 2.87. The summed E-state index contributed by atoms with van der Waals surface area (Å²) in [5, 5.41) is 8.99. The van der Waals surface area contributed by atoms with Crippen molar-refractivity contribution in [3.63, 3.8) is 0 Å². The van der Waals surface area contributed by atoms with Crippen LogP contribution in [0.15, 0.2) is 22.5 Å². The second kappa shape index (κ2) is 6.87. The number of carboxylic acid groups (broad SMARTS) is 1. The SMILES string of the molecule is CCC(CC)OC1=CN=C(C(=O)O)C(OC)C1=C=O. The normalized spacial score (nSPS) is 18.7. The Hall–Kier alpha value is -1.91. The molecule has 0 radical (unpaired) electrons. The lowest BCUT2D eigenvalue weighted by molar-refractivity contribution is -0.129. The van der Waals surface area contributed by atoms with E-state index in [2.05, 4.69) is 4.99 Å². The summed E-state index contributed by atoms with van der Waals surface area (Å²) in [6.07, 6.45) is 1.66. The molecule has 6 nitrogen and oxygen atoms in total. The summed E-state index contributed by atoms with van der Waals surface area (Å²) in [6, 6.07) is 0. The van der Waals surface area contributed by atoms with Gasteiger partial charge in [-0.15, -0.1) is 0 Å². The minimum Gasteiger partial charge on any atom is -0.488 e. The van der Waals surface area contributed by atoms with Crippen LogP contribution in [-0.4, -0.2) is 42.0 Å². The molecule has 104 valence electrons. The van der Waals surface area contributed by atoms with Crippen LogP contribution >= 0.6 is 0 Å². The highest BCUT2D eigenvalue weighted by Crippen LogP contribution is 2.24. The molecule has 0 amide bonds. The lowest BCUT2D eigenvalue weighted by Crippen LogP contribution is -2.35. The number of hydrogen-bond acceptors (Lipinski definition) is 5. The third kappa shape index (κ3) is 3.30. The van der Waals surface area contributed by atoms with E-state index in [0.717, 1.165) is 12.8 Å². The van der Waals surface area contributed by atoms with Crippen LogP contribution in [0, 0.1) is 0 Å². The second-order valence-corrected chi connectivity index (χ2v) is 4.00. The number of rotatable bonds is 6. The Balaban J connectivity index is 3.10. The first-order chi connectivity index (χ1) is 9.08. The average molecular weight is 267 g/mol. The van der Waals surface area contributed by atoms with E-state index in [1.807, 2.05) is 13.8 Å². The summed E-state index contributed by atoms with van der Waals surface area (Å²) < 4.78 is 10.7. The van der Waals surface area contributed by atoms with Gasteiger partial charge in [0.25, 0.3) is 0 Å². The van der Waals surface area contributed by atoms with Gasteiger partial charge in [-0.05, 0) is 12.8 Å². The molecular weight excluding hydrogens is 250 g/mol. The van der Waals surface area contributed by atoms with Gasteiger partial charge in [-0.25, -0.2) is 14.6 Å². The van der Waals surface area contributed by atoms with Crippen LogP contribution in [0.5, 0.6) is 0 Å². The number of carbonyl (C=O) groups excluding carboxylic acids is 1. The molecular formula is C13H17NO5. The molecule has 0 fully saturated rings. The van der Waals surface area contributed by atoms with Crippen LogP contribution in [-0.2, 0) is 19.1 Å². The molecule has 0 bridgehead atoms. The Morgan fingerprint density at radius 3 is 2.58 bits per heavy atom. The Morgan fingerprint density at radius 1 is 1.53 bits per heavy atom. The molecule has 0 saturated heterocycles. The molecule has 1 aliphatic heterocycles. The number of nitrogens with zero attached hydrogens (tertiary/aromatic N) is 1. The number of carbonyl (C=O) groups is 1. The van der Waals surface area contributed by atoms with E-state index < -0.39 is 12.1 Å². The molecule has 1 heterocycles. The van der Waals surface area contributed by atoms with Gasteiger partial charge < -0.3 is 14.6 Å². The van der Waals surface area contributed by atoms with Gasteiger partial charge >= 0.3 is 5.97 Å². The molecule has 0 aromatic rings. The van der Waals surface area contributed by atoms with E-state index in [-0.39, 0.29) is 23.1 Å². The molecule has 1 unspecified atom stereocenters. The van der Waals surface area contributed by atoms with Crippen molar-refractivity contribution in [2.45, 2.75) is 38.9 Å². The highest BCUT2D eigenvalue weighted by Gasteiger charge is 2.33. The Labute approximate surface area is 111 Å². The van der Waals surface area contributed by atoms with E-state index >= 15 is 0 Å². The standard InChI is InChI=1S/C13H17NO5/c1-4-8(5-2)19-10-6-14-11(13(16)17)12(18-3)9(10)7-15/h6,8,12H,4-5H2,1-3H3,(H,16,17). The molecule has 19 heavy (non-hydrogen) atoms. The summed E-state index contributed by atoms with van der Waals surface area (Å²) in [4.78, 5) is 25.8. The number of aliphatic imine (C=N–C) groups is 1. The number of ether oxygens (including phenoxy) is 2. The van der Waals surface area contributed by atoms with Crippen molar-refractivity contribution in [2.24, 2.45) is 4.99 Å². The maximum Gasteiger partial charge on any atom is 0.353 e. The molecule has 0 aromatic carbocycles. The maximum atomic E-state index is 11.1. The van der Waals surface area contributed by atoms with Crippen LogP contribution < -0.4 is 0 Å². The van der Waals surface area contributed by atoms with Crippen LogP contribution in [0.25, 0.3) is 0 Å². The van der Waals surface area contributed by atoms with Gasteiger partial charge in [0.15, 0.2) is 11.5 Å². The molecule has 6 heteroatoms. The molecule has 0 aromatic heterocycles. The van der Waals surface area contributed by atoms with Crippen molar-refractivity contribution >= 4 is 17.6 Å². The highest BCUT2D eigenvalue weighted by molar-refractivity contribution is 6.39. The fourth-order valence-corrected chi connectivity index (χ4v) is 1.76. The first kappa shape index (κ1) is 15.1. The monoisotopic (exact) mass is 267 g/mol. The fraction of sp³-hybridized carbons (Fsp3) is 0.538. The summed E-state index contributed by atoms with van der Waals surface area (Å²) in [7, 11) is 1.31. The van der Waals surface area contributed by atoms with Gasteiger partial charge in [0, 0.05) is 7.11 Å². The van der Waals surface area contributed by atoms with E-state index in [9.17, 15) is 9.59 Å². The summed E-state index contributed by atoms with van der Waals surface area (Å²) in [5.41, 5.74) is -0.223. The van der Waals surface area contributed by atoms with Crippen molar-refractivity contribution in [2.75, 3.05) is 7.11 Å². The van der Waals surface area contributed by atoms with Crippen molar-refractivity contribution in [1.82, 2.24) is 0 Å². The molecule has 1 N–H and O–H groups in total. The first-order valence-electron chi connectivity index (χ1n) is 6.04. The molecule has 1 rings (SSSR count). The van der Waals surface area contributed by atoms with Gasteiger partial charge in [-0.1, -0.05) is 13.8 Å². The van der Waals surface area contributed by atoms with Crippen LogP contribution in [0.1, 0.15) is 26.7 Å². The molecule has 1 aliphatic rings. The zero-order chi connectivity index (χ0) is 14.4. The van der Waals surface area contributed by atoms with Crippen LogP contribution in [0.2, 0.25) is 0 Å². The van der Waals surface area contributed by atoms with Gasteiger partial charge in [-0.3, -0.25) is 0 Å². The number of hydrogen-bond donors (Lipinski definition) is 1. The summed E-state index contributed by atoms with van der Waals surface area (Å²) >= 11 is 0. The third-order valence-electron chi connectivity index (χ3n) is 2.87. The molecule has 0 aliphatic carbocycles. The van der Waals surface area contributed by atoms with Crippen LogP contribution in [0.3, 0.4) is 0 Å². The highest BCUT2D eigenvalue weighted by atomic mass is 16.5. The Bertz CT molecular complexity index is 456. The topological polar surface area (TPSA) is 85.2 Å². The quantitative estimate of drug-likeness (QED) is 0.734. The zero-order valence-corrected chi connectivity index (χ0v) is 11.2. The van der Waals surface area contributed by atoms with Gasteiger partial charge in [0.05, 0.1) is 12.3 Å². The van der Waals surface area contributed by atoms with Crippen molar-refractivity contribution in [3.8, 4) is 0 Å². The second-order valence-electron chi connectivity index (χ2n) is 4.00. The lowest BCUT2D eigenvalue weighted by atomic mass is 10.0. The first-order valence-corrected chi connectivity index (χ1v) is 6.04. The van der Waals surface area contributed by atoms with Gasteiger partial charge in [0.1, 0.15) is 17.6 Å².